The molecule has 0 aliphatic heterocycles. The lowest BCUT2D eigenvalue weighted by Crippen LogP contribution is -2.11. The van der Waals surface area contributed by atoms with Crippen molar-refractivity contribution in [3.8, 4) is 5.75 Å². The number of rotatable bonds is 5. The Balaban J connectivity index is 2.42. The number of halogens is 2. The Morgan fingerprint density at radius 1 is 1.36 bits per heavy atom. The van der Waals surface area contributed by atoms with E-state index in [-0.39, 0.29) is 5.75 Å². The summed E-state index contributed by atoms with van der Waals surface area (Å²) in [5.74, 6) is -1.15. The maximum absolute atomic E-state index is 13.0. The minimum absolute atomic E-state index is 0.0995. The van der Waals surface area contributed by atoms with Crippen LogP contribution in [0.3, 0.4) is 0 Å². The van der Waals surface area contributed by atoms with Crippen LogP contribution in [-0.4, -0.2) is 20.2 Å². The SMILES string of the molecule is CNCCCOc1ccc(F)cc1F. The lowest BCUT2D eigenvalue weighted by atomic mass is 10.3. The molecule has 0 unspecified atom stereocenters. The van der Waals surface area contributed by atoms with Crippen LogP contribution in [0.2, 0.25) is 0 Å². The van der Waals surface area contributed by atoms with E-state index >= 15 is 0 Å². The zero-order valence-corrected chi connectivity index (χ0v) is 8.02. The summed E-state index contributed by atoms with van der Waals surface area (Å²) in [6.07, 6.45) is 0.785. The largest absolute Gasteiger partial charge is 0.490 e. The lowest BCUT2D eigenvalue weighted by molar-refractivity contribution is 0.294. The topological polar surface area (TPSA) is 21.3 Å². The quantitative estimate of drug-likeness (QED) is 0.735. The van der Waals surface area contributed by atoms with Gasteiger partial charge in [-0.15, -0.1) is 0 Å². The number of nitrogens with one attached hydrogen (secondary N) is 1. The van der Waals surface area contributed by atoms with Crippen molar-refractivity contribution in [3.63, 3.8) is 0 Å². The molecule has 4 heteroatoms. The third kappa shape index (κ3) is 3.30. The van der Waals surface area contributed by atoms with Gasteiger partial charge in [-0.3, -0.25) is 0 Å². The van der Waals surface area contributed by atoms with E-state index in [1.165, 1.54) is 12.1 Å². The van der Waals surface area contributed by atoms with E-state index in [0.29, 0.717) is 6.61 Å². The normalized spacial score (nSPS) is 10.2. The first-order valence-electron chi connectivity index (χ1n) is 4.46. The Bertz CT molecular complexity index is 291. The highest BCUT2D eigenvalue weighted by Crippen LogP contribution is 2.17. The molecule has 0 heterocycles. The van der Waals surface area contributed by atoms with Crippen LogP contribution >= 0.6 is 0 Å². The summed E-state index contributed by atoms with van der Waals surface area (Å²) in [7, 11) is 1.83. The van der Waals surface area contributed by atoms with E-state index in [4.69, 9.17) is 4.74 Å². The Hall–Kier alpha value is -1.16. The van der Waals surface area contributed by atoms with Gasteiger partial charge in [-0.2, -0.15) is 0 Å². The van der Waals surface area contributed by atoms with Crippen LogP contribution < -0.4 is 10.1 Å². The third-order valence-corrected chi connectivity index (χ3v) is 1.72. The summed E-state index contributed by atoms with van der Waals surface area (Å²) in [5.41, 5.74) is 0. The van der Waals surface area contributed by atoms with Crippen molar-refractivity contribution < 1.29 is 13.5 Å². The fourth-order valence-corrected chi connectivity index (χ4v) is 1.02. The molecule has 14 heavy (non-hydrogen) atoms. The second-order valence-corrected chi connectivity index (χ2v) is 2.88. The molecule has 0 bridgehead atoms. The number of hydrogen-bond acceptors (Lipinski definition) is 2. The van der Waals surface area contributed by atoms with Crippen molar-refractivity contribution in [3.05, 3.63) is 29.8 Å². The van der Waals surface area contributed by atoms with Crippen molar-refractivity contribution in [1.82, 2.24) is 5.32 Å². The molecule has 1 N–H and O–H groups in total. The number of benzene rings is 1. The molecule has 0 saturated heterocycles. The molecule has 0 radical (unpaired) electrons. The average molecular weight is 201 g/mol. The van der Waals surface area contributed by atoms with Gasteiger partial charge in [0.2, 0.25) is 0 Å². The fraction of sp³-hybridized carbons (Fsp3) is 0.400. The monoisotopic (exact) mass is 201 g/mol. The summed E-state index contributed by atoms with van der Waals surface area (Å²) >= 11 is 0. The van der Waals surface area contributed by atoms with Gasteiger partial charge in [-0.05, 0) is 32.1 Å². The summed E-state index contributed by atoms with van der Waals surface area (Å²) < 4.78 is 30.6. The second kappa shape index (κ2) is 5.54. The Morgan fingerprint density at radius 2 is 2.14 bits per heavy atom. The van der Waals surface area contributed by atoms with Gasteiger partial charge >= 0.3 is 0 Å². The molecule has 0 spiro atoms. The van der Waals surface area contributed by atoms with E-state index < -0.39 is 11.6 Å². The van der Waals surface area contributed by atoms with Crippen LogP contribution in [0.1, 0.15) is 6.42 Å². The predicted octanol–water partition coefficient (Wildman–Crippen LogP) is 1.95. The van der Waals surface area contributed by atoms with Crippen LogP contribution in [0, 0.1) is 11.6 Å². The van der Waals surface area contributed by atoms with Crippen molar-refractivity contribution in [2.24, 2.45) is 0 Å². The molecule has 0 aromatic heterocycles. The molecule has 0 atom stereocenters. The summed E-state index contributed by atoms with van der Waals surface area (Å²) in [4.78, 5) is 0. The average Bonchev–Trinajstić information content (AvgIpc) is 2.15. The minimum atomic E-state index is -0.658. The van der Waals surface area contributed by atoms with E-state index in [9.17, 15) is 8.78 Å². The highest BCUT2D eigenvalue weighted by Gasteiger charge is 2.03. The Labute approximate surface area is 81.9 Å². The molecule has 78 valence electrons. The standard InChI is InChI=1S/C10H13F2NO/c1-13-5-2-6-14-10-4-3-8(11)7-9(10)12/h3-4,7,13H,2,5-6H2,1H3. The number of ether oxygens (including phenoxy) is 1. The fourth-order valence-electron chi connectivity index (χ4n) is 1.02. The van der Waals surface area contributed by atoms with Crippen LogP contribution in [0.5, 0.6) is 5.75 Å². The van der Waals surface area contributed by atoms with Gasteiger partial charge in [0, 0.05) is 6.07 Å². The van der Waals surface area contributed by atoms with Crippen molar-refractivity contribution in [2.75, 3.05) is 20.2 Å². The smallest absolute Gasteiger partial charge is 0.167 e. The molecule has 1 rings (SSSR count). The van der Waals surface area contributed by atoms with E-state index in [2.05, 4.69) is 5.32 Å². The van der Waals surface area contributed by atoms with Gasteiger partial charge in [-0.25, -0.2) is 8.78 Å². The summed E-state index contributed by atoms with van der Waals surface area (Å²) in [5, 5.41) is 2.94. The first-order valence-corrected chi connectivity index (χ1v) is 4.46. The van der Waals surface area contributed by atoms with Crippen molar-refractivity contribution >= 4 is 0 Å². The van der Waals surface area contributed by atoms with E-state index in [1.807, 2.05) is 7.05 Å². The molecule has 0 saturated carbocycles. The predicted molar refractivity (Wildman–Crippen MR) is 50.4 cm³/mol. The molecule has 1 aromatic rings. The Kier molecular flexibility index (Phi) is 4.32. The number of hydrogen-bond donors (Lipinski definition) is 1. The molecule has 0 fully saturated rings. The van der Waals surface area contributed by atoms with Gasteiger partial charge in [0.25, 0.3) is 0 Å². The maximum atomic E-state index is 13.0. The molecular formula is C10H13F2NO. The Morgan fingerprint density at radius 3 is 2.79 bits per heavy atom. The molecule has 2 nitrogen and oxygen atoms in total. The molecule has 1 aromatic carbocycles. The van der Waals surface area contributed by atoms with Gasteiger partial charge in [0.15, 0.2) is 11.6 Å². The highest BCUT2D eigenvalue weighted by atomic mass is 19.1. The van der Waals surface area contributed by atoms with Crippen molar-refractivity contribution in [2.45, 2.75) is 6.42 Å². The van der Waals surface area contributed by atoms with Crippen molar-refractivity contribution in [1.29, 1.82) is 0 Å². The van der Waals surface area contributed by atoms with Gasteiger partial charge in [0.1, 0.15) is 5.82 Å². The van der Waals surface area contributed by atoms with E-state index in [1.54, 1.807) is 0 Å². The molecule has 0 aliphatic carbocycles. The molecule has 0 aliphatic rings. The molecular weight excluding hydrogens is 188 g/mol. The second-order valence-electron chi connectivity index (χ2n) is 2.88. The third-order valence-electron chi connectivity index (χ3n) is 1.72. The van der Waals surface area contributed by atoms with Gasteiger partial charge < -0.3 is 10.1 Å². The molecule has 0 amide bonds. The van der Waals surface area contributed by atoms with E-state index in [0.717, 1.165) is 19.0 Å². The first-order chi connectivity index (χ1) is 6.74. The summed E-state index contributed by atoms with van der Waals surface area (Å²) in [6, 6.07) is 3.29. The zero-order chi connectivity index (χ0) is 10.4. The summed E-state index contributed by atoms with van der Waals surface area (Å²) in [6.45, 7) is 1.23. The van der Waals surface area contributed by atoms with Gasteiger partial charge in [0.05, 0.1) is 6.61 Å². The van der Waals surface area contributed by atoms with Crippen LogP contribution in [-0.2, 0) is 0 Å². The van der Waals surface area contributed by atoms with Gasteiger partial charge in [-0.1, -0.05) is 0 Å². The highest BCUT2D eigenvalue weighted by molar-refractivity contribution is 5.24. The lowest BCUT2D eigenvalue weighted by Gasteiger charge is -2.06. The first kappa shape index (κ1) is 10.9. The maximum Gasteiger partial charge on any atom is 0.167 e. The zero-order valence-electron chi connectivity index (χ0n) is 8.02. The van der Waals surface area contributed by atoms with Crippen LogP contribution in [0.4, 0.5) is 8.78 Å². The minimum Gasteiger partial charge on any atom is -0.490 e. The van der Waals surface area contributed by atoms with Crippen LogP contribution in [0.15, 0.2) is 18.2 Å². The van der Waals surface area contributed by atoms with Crippen LogP contribution in [0.25, 0.3) is 0 Å².